The molecule has 5 heteroatoms. The molecule has 0 radical (unpaired) electrons. The zero-order chi connectivity index (χ0) is 10.7. The molecular weight excluding hydrogens is 194 g/mol. The first-order valence-electron chi connectivity index (χ1n) is 4.54. The normalized spacial score (nSPS) is 12.3. The van der Waals surface area contributed by atoms with Gasteiger partial charge >= 0.3 is 0 Å². The third-order valence-corrected chi connectivity index (χ3v) is 1.95. The van der Waals surface area contributed by atoms with Crippen LogP contribution in [0.1, 0.15) is 12.8 Å². The fourth-order valence-electron chi connectivity index (χ4n) is 1.15. The lowest BCUT2D eigenvalue weighted by Gasteiger charge is -1.93. The van der Waals surface area contributed by atoms with Gasteiger partial charge in [-0.25, -0.2) is 0 Å². The summed E-state index contributed by atoms with van der Waals surface area (Å²) in [5.41, 5.74) is 0.773. The molecule has 0 aliphatic heterocycles. The lowest BCUT2D eigenvalue weighted by molar-refractivity contribution is 0.369. The smallest absolute Gasteiger partial charge is 0.228 e. The van der Waals surface area contributed by atoms with E-state index < -0.39 is 0 Å². The fourth-order valence-corrected chi connectivity index (χ4v) is 1.15. The summed E-state index contributed by atoms with van der Waals surface area (Å²) in [5, 5.41) is 12.4. The molecule has 2 rings (SSSR count). The van der Waals surface area contributed by atoms with Gasteiger partial charge in [0.2, 0.25) is 11.7 Å². The van der Waals surface area contributed by atoms with Crippen LogP contribution in [0, 0.1) is 17.2 Å². The van der Waals surface area contributed by atoms with Gasteiger partial charge in [-0.3, -0.25) is 0 Å². The summed E-state index contributed by atoms with van der Waals surface area (Å²) in [7, 11) is 0. The van der Waals surface area contributed by atoms with Crippen LogP contribution in [0.25, 0.3) is 11.4 Å². The summed E-state index contributed by atoms with van der Waals surface area (Å²) < 4.78 is 9.91. The first kappa shape index (κ1) is 9.46. The highest BCUT2D eigenvalue weighted by Crippen LogP contribution is 2.16. The molecule has 0 spiro atoms. The molecule has 5 nitrogen and oxygen atoms in total. The Labute approximate surface area is 86.3 Å². The largest absolute Gasteiger partial charge is 0.472 e. The van der Waals surface area contributed by atoms with Gasteiger partial charge < -0.3 is 8.94 Å². The molecule has 0 N–H and O–H groups in total. The van der Waals surface area contributed by atoms with Gasteiger partial charge in [-0.2, -0.15) is 10.2 Å². The molecule has 1 atom stereocenters. The predicted molar refractivity (Wildman–Crippen MR) is 50.5 cm³/mol. The Balaban J connectivity index is 2.15. The maximum Gasteiger partial charge on any atom is 0.228 e. The van der Waals surface area contributed by atoms with E-state index in [0.29, 0.717) is 18.1 Å². The Bertz CT molecular complexity index is 467. The van der Waals surface area contributed by atoms with E-state index in [2.05, 4.69) is 16.2 Å². The van der Waals surface area contributed by atoms with Crippen molar-refractivity contribution in [2.75, 3.05) is 0 Å². The molecule has 0 saturated carbocycles. The molecule has 0 aliphatic rings. The van der Waals surface area contributed by atoms with Crippen LogP contribution in [0.4, 0.5) is 0 Å². The summed E-state index contributed by atoms with van der Waals surface area (Å²) in [6, 6.07) is 3.86. The van der Waals surface area contributed by atoms with Crippen LogP contribution in [0.3, 0.4) is 0 Å². The van der Waals surface area contributed by atoms with Crippen molar-refractivity contribution in [1.29, 1.82) is 5.26 Å². The van der Waals surface area contributed by atoms with Gasteiger partial charge in [-0.15, -0.1) is 0 Å². The molecular formula is C10H9N3O2. The number of hydrogen-bond acceptors (Lipinski definition) is 5. The minimum Gasteiger partial charge on any atom is -0.472 e. The average Bonchev–Trinajstić information content (AvgIpc) is 2.85. The summed E-state index contributed by atoms with van der Waals surface area (Å²) in [6.07, 6.45) is 3.56. The van der Waals surface area contributed by atoms with Crippen LogP contribution in [0.2, 0.25) is 0 Å². The van der Waals surface area contributed by atoms with Gasteiger partial charge in [0.1, 0.15) is 6.26 Å². The molecule has 2 heterocycles. The van der Waals surface area contributed by atoms with Gasteiger partial charge in [0.25, 0.3) is 0 Å². The molecule has 0 fully saturated rings. The maximum absolute atomic E-state index is 8.63. The highest BCUT2D eigenvalue weighted by Gasteiger charge is 2.11. The van der Waals surface area contributed by atoms with E-state index in [9.17, 15) is 0 Å². The zero-order valence-corrected chi connectivity index (χ0v) is 8.17. The monoisotopic (exact) mass is 203 g/mol. The van der Waals surface area contributed by atoms with Crippen LogP contribution < -0.4 is 0 Å². The van der Waals surface area contributed by atoms with Gasteiger partial charge in [-0.05, 0) is 13.0 Å². The van der Waals surface area contributed by atoms with Crippen molar-refractivity contribution in [1.82, 2.24) is 10.1 Å². The molecule has 0 bridgehead atoms. The quantitative estimate of drug-likeness (QED) is 0.762. The van der Waals surface area contributed by atoms with Crippen molar-refractivity contribution in [2.45, 2.75) is 13.3 Å². The molecule has 0 amide bonds. The first-order chi connectivity index (χ1) is 7.29. The Hall–Kier alpha value is -2.09. The van der Waals surface area contributed by atoms with Crippen molar-refractivity contribution >= 4 is 0 Å². The minimum absolute atomic E-state index is 0.123. The SMILES string of the molecule is CC(C#N)Cc1nc(-c2ccoc2)no1. The molecule has 2 aromatic heterocycles. The average molecular weight is 203 g/mol. The number of aromatic nitrogens is 2. The second kappa shape index (κ2) is 3.96. The van der Waals surface area contributed by atoms with E-state index in [1.165, 1.54) is 0 Å². The molecule has 15 heavy (non-hydrogen) atoms. The number of hydrogen-bond donors (Lipinski definition) is 0. The first-order valence-corrected chi connectivity index (χ1v) is 4.54. The number of nitrogens with zero attached hydrogens (tertiary/aromatic N) is 3. The van der Waals surface area contributed by atoms with E-state index in [1.807, 2.05) is 6.92 Å². The molecule has 2 aromatic rings. The van der Waals surface area contributed by atoms with E-state index in [-0.39, 0.29) is 5.92 Å². The lowest BCUT2D eigenvalue weighted by atomic mass is 10.1. The maximum atomic E-state index is 8.63. The standard InChI is InChI=1S/C10H9N3O2/c1-7(5-11)4-9-12-10(13-15-9)8-2-3-14-6-8/h2-3,6-7H,4H2,1H3. The summed E-state index contributed by atoms with van der Waals surface area (Å²) in [5.74, 6) is 0.840. The predicted octanol–water partition coefficient (Wildman–Crippen LogP) is 2.03. The second-order valence-corrected chi connectivity index (χ2v) is 3.26. The van der Waals surface area contributed by atoms with Crippen molar-refractivity contribution in [3.63, 3.8) is 0 Å². The fraction of sp³-hybridized carbons (Fsp3) is 0.300. The highest BCUT2D eigenvalue weighted by molar-refractivity contribution is 5.51. The Morgan fingerprint density at radius 3 is 3.13 bits per heavy atom. The van der Waals surface area contributed by atoms with Crippen LogP contribution in [-0.4, -0.2) is 10.1 Å². The Morgan fingerprint density at radius 1 is 1.60 bits per heavy atom. The zero-order valence-electron chi connectivity index (χ0n) is 8.17. The number of rotatable bonds is 3. The Morgan fingerprint density at radius 2 is 2.47 bits per heavy atom. The van der Waals surface area contributed by atoms with Crippen LogP contribution in [0.5, 0.6) is 0 Å². The number of nitriles is 1. The highest BCUT2D eigenvalue weighted by atomic mass is 16.5. The Kier molecular flexibility index (Phi) is 2.50. The van der Waals surface area contributed by atoms with Crippen molar-refractivity contribution in [3.8, 4) is 17.5 Å². The third kappa shape index (κ3) is 2.05. The summed E-state index contributed by atoms with van der Waals surface area (Å²) in [6.45, 7) is 1.81. The van der Waals surface area contributed by atoms with Gasteiger partial charge in [0.15, 0.2) is 0 Å². The molecule has 0 aromatic carbocycles. The van der Waals surface area contributed by atoms with Crippen molar-refractivity contribution in [2.24, 2.45) is 5.92 Å². The lowest BCUT2D eigenvalue weighted by Crippen LogP contribution is -1.95. The third-order valence-electron chi connectivity index (χ3n) is 1.95. The van der Waals surface area contributed by atoms with E-state index in [0.717, 1.165) is 5.56 Å². The van der Waals surface area contributed by atoms with Crippen LogP contribution in [0.15, 0.2) is 27.5 Å². The van der Waals surface area contributed by atoms with E-state index in [4.69, 9.17) is 14.2 Å². The van der Waals surface area contributed by atoms with E-state index >= 15 is 0 Å². The van der Waals surface area contributed by atoms with E-state index in [1.54, 1.807) is 18.6 Å². The summed E-state index contributed by atoms with van der Waals surface area (Å²) in [4.78, 5) is 4.15. The van der Waals surface area contributed by atoms with Crippen LogP contribution in [-0.2, 0) is 6.42 Å². The van der Waals surface area contributed by atoms with Crippen molar-refractivity contribution < 1.29 is 8.94 Å². The van der Waals surface area contributed by atoms with Gasteiger partial charge in [-0.1, -0.05) is 5.16 Å². The van der Waals surface area contributed by atoms with Crippen LogP contribution >= 0.6 is 0 Å². The number of furan rings is 1. The second-order valence-electron chi connectivity index (χ2n) is 3.26. The topological polar surface area (TPSA) is 75.8 Å². The minimum atomic E-state index is -0.123. The van der Waals surface area contributed by atoms with Gasteiger partial charge in [0.05, 0.1) is 23.8 Å². The van der Waals surface area contributed by atoms with Crippen molar-refractivity contribution in [3.05, 3.63) is 24.5 Å². The molecule has 76 valence electrons. The summed E-state index contributed by atoms with van der Waals surface area (Å²) >= 11 is 0. The molecule has 0 aliphatic carbocycles. The molecule has 0 saturated heterocycles. The van der Waals surface area contributed by atoms with Gasteiger partial charge in [0, 0.05) is 6.42 Å². The molecule has 1 unspecified atom stereocenters.